The highest BCUT2D eigenvalue weighted by Gasteiger charge is 2.19. The van der Waals surface area contributed by atoms with E-state index in [1.165, 1.54) is 0 Å². The van der Waals surface area contributed by atoms with Gasteiger partial charge in [0.25, 0.3) is 0 Å². The summed E-state index contributed by atoms with van der Waals surface area (Å²) < 4.78 is 0. The van der Waals surface area contributed by atoms with Crippen LogP contribution < -0.4 is 0 Å². The summed E-state index contributed by atoms with van der Waals surface area (Å²) in [6.45, 7) is 2.24. The molecule has 0 radical (unpaired) electrons. The molecule has 0 saturated carbocycles. The highest BCUT2D eigenvalue weighted by Crippen LogP contribution is 2.26. The molecule has 1 aromatic carbocycles. The van der Waals surface area contributed by atoms with Crippen molar-refractivity contribution in [3.05, 3.63) is 33.8 Å². The number of ketones is 1. The third kappa shape index (κ3) is 3.93. The first kappa shape index (κ1) is 14.8. The Morgan fingerprint density at radius 2 is 2.21 bits per heavy atom. The van der Waals surface area contributed by atoms with Crippen LogP contribution in [-0.2, 0) is 0 Å². The second kappa shape index (κ2) is 6.71. The summed E-state index contributed by atoms with van der Waals surface area (Å²) in [6.07, 6.45) is 1.96. The fraction of sp³-hybridized carbons (Fsp3) is 0.500. The van der Waals surface area contributed by atoms with E-state index in [1.54, 1.807) is 18.2 Å². The Labute approximate surface area is 123 Å². The van der Waals surface area contributed by atoms with Crippen LogP contribution >= 0.6 is 23.2 Å². The van der Waals surface area contributed by atoms with Crippen LogP contribution in [0.25, 0.3) is 0 Å². The third-order valence-corrected chi connectivity index (χ3v) is 4.21. The van der Waals surface area contributed by atoms with Crippen LogP contribution in [0.3, 0.4) is 0 Å². The molecule has 0 bridgehead atoms. The Kier molecular flexibility index (Phi) is 5.22. The number of rotatable bonds is 4. The molecule has 1 atom stereocenters. The van der Waals surface area contributed by atoms with Crippen LogP contribution in [0.15, 0.2) is 18.2 Å². The Morgan fingerprint density at radius 1 is 1.42 bits per heavy atom. The predicted molar refractivity (Wildman–Crippen MR) is 77.1 cm³/mol. The van der Waals surface area contributed by atoms with E-state index in [4.69, 9.17) is 23.2 Å². The molecule has 0 spiro atoms. The maximum atomic E-state index is 12.1. The van der Waals surface area contributed by atoms with Crippen molar-refractivity contribution in [3.63, 3.8) is 0 Å². The van der Waals surface area contributed by atoms with Crippen molar-refractivity contribution in [2.75, 3.05) is 19.6 Å². The molecule has 0 aromatic heterocycles. The molecule has 0 amide bonds. The van der Waals surface area contributed by atoms with Crippen LogP contribution in [0.2, 0.25) is 10.0 Å². The molecule has 2 rings (SSSR count). The van der Waals surface area contributed by atoms with Crippen molar-refractivity contribution in [2.24, 2.45) is 0 Å². The molecule has 1 aliphatic heterocycles. The number of carbonyl (C=O) groups is 1. The highest BCUT2D eigenvalue weighted by molar-refractivity contribution is 6.43. The lowest BCUT2D eigenvalue weighted by Gasteiger charge is -2.29. The van der Waals surface area contributed by atoms with E-state index in [2.05, 4.69) is 4.90 Å². The van der Waals surface area contributed by atoms with E-state index in [0.29, 0.717) is 35.1 Å². The lowest BCUT2D eigenvalue weighted by molar-refractivity contribution is 0.0670. The zero-order valence-electron chi connectivity index (χ0n) is 10.6. The Bertz CT molecular complexity index is 465. The molecule has 3 nitrogen and oxygen atoms in total. The molecule has 1 N–H and O–H groups in total. The van der Waals surface area contributed by atoms with Crippen molar-refractivity contribution >= 4 is 29.0 Å². The maximum Gasteiger partial charge on any atom is 0.165 e. The number of carbonyl (C=O) groups excluding carboxylic acids is 1. The fourth-order valence-electron chi connectivity index (χ4n) is 2.35. The quantitative estimate of drug-likeness (QED) is 0.869. The van der Waals surface area contributed by atoms with Crippen LogP contribution in [0.5, 0.6) is 0 Å². The van der Waals surface area contributed by atoms with E-state index < -0.39 is 0 Å². The Hall–Kier alpha value is -0.610. The number of halogens is 2. The van der Waals surface area contributed by atoms with Gasteiger partial charge in [-0.25, -0.2) is 0 Å². The van der Waals surface area contributed by atoms with Gasteiger partial charge in [-0.2, -0.15) is 0 Å². The van der Waals surface area contributed by atoms with Crippen LogP contribution in [0.1, 0.15) is 29.6 Å². The van der Waals surface area contributed by atoms with Gasteiger partial charge < -0.3 is 10.0 Å². The molecule has 1 fully saturated rings. The number of nitrogens with zero attached hydrogens (tertiary/aromatic N) is 1. The lowest BCUT2D eigenvalue weighted by atomic mass is 10.1. The molecular formula is C14H17Cl2NO2. The van der Waals surface area contributed by atoms with Crippen molar-refractivity contribution in [3.8, 4) is 0 Å². The molecule has 1 unspecified atom stereocenters. The average Bonchev–Trinajstić information content (AvgIpc) is 2.39. The maximum absolute atomic E-state index is 12.1. The fourth-order valence-corrected chi connectivity index (χ4v) is 2.75. The zero-order chi connectivity index (χ0) is 13.8. The first-order valence-electron chi connectivity index (χ1n) is 6.45. The number of aliphatic hydroxyl groups is 1. The van der Waals surface area contributed by atoms with E-state index in [9.17, 15) is 9.90 Å². The molecule has 1 aliphatic rings. The minimum absolute atomic E-state index is 0.00689. The third-order valence-electron chi connectivity index (χ3n) is 3.39. The minimum atomic E-state index is -0.265. The second-order valence-electron chi connectivity index (χ2n) is 4.87. The number of benzene rings is 1. The van der Waals surface area contributed by atoms with Crippen molar-refractivity contribution < 1.29 is 9.90 Å². The van der Waals surface area contributed by atoms with Gasteiger partial charge in [0.1, 0.15) is 0 Å². The van der Waals surface area contributed by atoms with Crippen molar-refractivity contribution in [2.45, 2.75) is 25.4 Å². The van der Waals surface area contributed by atoms with Gasteiger partial charge in [0.2, 0.25) is 0 Å². The van der Waals surface area contributed by atoms with Gasteiger partial charge in [0.05, 0.1) is 16.1 Å². The van der Waals surface area contributed by atoms with Gasteiger partial charge in [0.15, 0.2) is 5.78 Å². The molecule has 19 heavy (non-hydrogen) atoms. The first-order valence-corrected chi connectivity index (χ1v) is 7.21. The van der Waals surface area contributed by atoms with E-state index in [1.807, 2.05) is 0 Å². The molecule has 104 valence electrons. The minimum Gasteiger partial charge on any atom is -0.392 e. The zero-order valence-corrected chi connectivity index (χ0v) is 12.1. The topological polar surface area (TPSA) is 40.5 Å². The van der Waals surface area contributed by atoms with E-state index >= 15 is 0 Å². The number of hydrogen-bond donors (Lipinski definition) is 1. The molecule has 1 aromatic rings. The normalized spacial score (nSPS) is 20.5. The standard InChI is InChI=1S/C14H17Cl2NO2/c15-12-5-1-4-11(14(12)16)13(19)6-8-17-7-2-3-10(18)9-17/h1,4-5,10,18H,2-3,6-9H2. The van der Waals surface area contributed by atoms with E-state index in [0.717, 1.165) is 19.4 Å². The molecular weight excluding hydrogens is 285 g/mol. The monoisotopic (exact) mass is 301 g/mol. The smallest absolute Gasteiger partial charge is 0.165 e. The second-order valence-corrected chi connectivity index (χ2v) is 5.66. The number of likely N-dealkylation sites (tertiary alicyclic amines) is 1. The Balaban J connectivity index is 1.92. The van der Waals surface area contributed by atoms with Gasteiger partial charge in [-0.15, -0.1) is 0 Å². The van der Waals surface area contributed by atoms with Gasteiger partial charge in [-0.1, -0.05) is 29.3 Å². The summed E-state index contributed by atoms with van der Waals surface area (Å²) in [5, 5.41) is 10.3. The van der Waals surface area contributed by atoms with Gasteiger partial charge in [0, 0.05) is 25.1 Å². The van der Waals surface area contributed by atoms with Crippen molar-refractivity contribution in [1.82, 2.24) is 4.90 Å². The number of β-amino-alcohol motifs (C(OH)–C–C–N with tert-alkyl or cyclic N) is 1. The van der Waals surface area contributed by atoms with Crippen LogP contribution in [0, 0.1) is 0 Å². The predicted octanol–water partition coefficient (Wildman–Crippen LogP) is 3.02. The summed E-state index contributed by atoms with van der Waals surface area (Å²) in [5.41, 5.74) is 0.478. The summed E-state index contributed by atoms with van der Waals surface area (Å²) in [6, 6.07) is 5.09. The van der Waals surface area contributed by atoms with Gasteiger partial charge in [-0.3, -0.25) is 4.79 Å². The molecule has 5 heteroatoms. The number of aliphatic hydroxyl groups excluding tert-OH is 1. The molecule has 1 saturated heterocycles. The number of Topliss-reactive ketones (excluding diaryl/α,β-unsaturated/α-hetero) is 1. The lowest BCUT2D eigenvalue weighted by Crippen LogP contribution is -2.39. The van der Waals surface area contributed by atoms with Gasteiger partial charge in [-0.05, 0) is 31.5 Å². The molecule has 1 heterocycles. The summed E-state index contributed by atoms with van der Waals surface area (Å²) in [4.78, 5) is 14.2. The Morgan fingerprint density at radius 3 is 2.95 bits per heavy atom. The summed E-state index contributed by atoms with van der Waals surface area (Å²) in [7, 11) is 0. The largest absolute Gasteiger partial charge is 0.392 e. The SMILES string of the molecule is O=C(CCN1CCCC(O)C1)c1cccc(Cl)c1Cl. The average molecular weight is 302 g/mol. The number of hydrogen-bond acceptors (Lipinski definition) is 3. The first-order chi connectivity index (χ1) is 9.08. The van der Waals surface area contributed by atoms with Crippen molar-refractivity contribution in [1.29, 1.82) is 0 Å². The van der Waals surface area contributed by atoms with Crippen LogP contribution in [-0.4, -0.2) is 41.5 Å². The van der Waals surface area contributed by atoms with Gasteiger partial charge >= 0.3 is 0 Å². The number of piperidine rings is 1. The summed E-state index contributed by atoms with van der Waals surface area (Å²) >= 11 is 11.9. The van der Waals surface area contributed by atoms with Crippen LogP contribution in [0.4, 0.5) is 0 Å². The van der Waals surface area contributed by atoms with E-state index in [-0.39, 0.29) is 11.9 Å². The molecule has 0 aliphatic carbocycles. The highest BCUT2D eigenvalue weighted by atomic mass is 35.5. The summed E-state index contributed by atoms with van der Waals surface area (Å²) in [5.74, 6) is -0.00689.